The maximum Gasteiger partial charge on any atom is 0.243 e. The van der Waals surface area contributed by atoms with E-state index in [1.165, 1.54) is 16.4 Å². The third-order valence-corrected chi connectivity index (χ3v) is 8.38. The summed E-state index contributed by atoms with van der Waals surface area (Å²) in [5.74, 6) is -1.20. The lowest BCUT2D eigenvalue weighted by molar-refractivity contribution is -0.119. The first-order chi connectivity index (χ1) is 12.6. The van der Waals surface area contributed by atoms with Gasteiger partial charge in [-0.05, 0) is 31.5 Å². The number of sulfonamides is 1. The van der Waals surface area contributed by atoms with Crippen molar-refractivity contribution in [2.24, 2.45) is 5.92 Å². The van der Waals surface area contributed by atoms with Gasteiger partial charge in [0.25, 0.3) is 0 Å². The summed E-state index contributed by atoms with van der Waals surface area (Å²) in [4.78, 5) is 12.6. The van der Waals surface area contributed by atoms with Crippen LogP contribution >= 0.6 is 0 Å². The van der Waals surface area contributed by atoms with Crippen LogP contribution in [-0.2, 0) is 24.7 Å². The largest absolute Gasteiger partial charge is 0.384 e. The summed E-state index contributed by atoms with van der Waals surface area (Å²) in [6, 6.07) is 4.54. The van der Waals surface area contributed by atoms with E-state index in [4.69, 9.17) is 0 Å². The van der Waals surface area contributed by atoms with Gasteiger partial charge in [-0.15, -0.1) is 0 Å². The number of carbonyl (C=O) groups is 1. The van der Waals surface area contributed by atoms with E-state index >= 15 is 0 Å². The highest BCUT2D eigenvalue weighted by molar-refractivity contribution is 7.91. The Balaban J connectivity index is 2.34. The molecule has 1 heterocycles. The second-order valence-electron chi connectivity index (χ2n) is 6.42. The number of carbonyl (C=O) groups excluding carboxylic acids is 1. The van der Waals surface area contributed by atoms with Crippen molar-refractivity contribution in [1.82, 2.24) is 4.31 Å². The summed E-state index contributed by atoms with van der Waals surface area (Å²) in [7, 11) is -6.85. The molecule has 1 saturated heterocycles. The Kier molecular flexibility index (Phi) is 6.87. The third kappa shape index (κ3) is 4.99. The van der Waals surface area contributed by atoms with Gasteiger partial charge in [0.15, 0.2) is 9.84 Å². The number of amides is 1. The first-order valence-corrected chi connectivity index (χ1v) is 12.3. The minimum absolute atomic E-state index is 0.00152. The molecule has 27 heavy (non-hydrogen) atoms. The van der Waals surface area contributed by atoms with Crippen LogP contribution in [0.5, 0.6) is 0 Å². The Hall–Kier alpha value is -1.65. The van der Waals surface area contributed by atoms with Crippen molar-refractivity contribution in [3.05, 3.63) is 18.2 Å². The van der Waals surface area contributed by atoms with Crippen molar-refractivity contribution >= 4 is 37.1 Å². The van der Waals surface area contributed by atoms with Gasteiger partial charge in [0.05, 0.1) is 33.7 Å². The Labute approximate surface area is 161 Å². The molecule has 1 aromatic rings. The van der Waals surface area contributed by atoms with E-state index in [-0.39, 0.29) is 22.8 Å². The number of anilines is 2. The topological polar surface area (TPSA) is 113 Å². The fourth-order valence-electron chi connectivity index (χ4n) is 3.08. The molecule has 1 aromatic carbocycles. The molecule has 0 saturated carbocycles. The number of benzene rings is 1. The highest BCUT2D eigenvalue weighted by atomic mass is 32.2. The summed E-state index contributed by atoms with van der Waals surface area (Å²) in [5.41, 5.74) is 0.921. The molecule has 1 fully saturated rings. The molecule has 0 spiro atoms. The van der Waals surface area contributed by atoms with Crippen molar-refractivity contribution in [2.75, 3.05) is 41.8 Å². The van der Waals surface area contributed by atoms with Crippen LogP contribution in [0.3, 0.4) is 0 Å². The molecule has 0 aromatic heterocycles. The Morgan fingerprint density at radius 3 is 2.37 bits per heavy atom. The lowest BCUT2D eigenvalue weighted by atomic mass is 10.1. The first kappa shape index (κ1) is 21.6. The maximum atomic E-state index is 12.8. The minimum Gasteiger partial charge on any atom is -0.384 e. The highest BCUT2D eigenvalue weighted by Gasteiger charge is 2.33. The monoisotopic (exact) mass is 417 g/mol. The number of sulfone groups is 1. The van der Waals surface area contributed by atoms with E-state index in [2.05, 4.69) is 10.6 Å². The van der Waals surface area contributed by atoms with Gasteiger partial charge in [0.1, 0.15) is 0 Å². The normalized spacial score (nSPS) is 19.2. The van der Waals surface area contributed by atoms with E-state index in [9.17, 15) is 21.6 Å². The van der Waals surface area contributed by atoms with Crippen LogP contribution in [0.4, 0.5) is 11.4 Å². The molecule has 152 valence electrons. The van der Waals surface area contributed by atoms with Crippen molar-refractivity contribution < 1.29 is 21.6 Å². The molecular weight excluding hydrogens is 390 g/mol. The zero-order valence-corrected chi connectivity index (χ0v) is 17.5. The number of hydrogen-bond acceptors (Lipinski definition) is 6. The summed E-state index contributed by atoms with van der Waals surface area (Å²) in [5, 5.41) is 5.80. The summed E-state index contributed by atoms with van der Waals surface area (Å²) in [6.45, 7) is 6.68. The van der Waals surface area contributed by atoms with E-state index in [0.29, 0.717) is 31.0 Å². The van der Waals surface area contributed by atoms with Gasteiger partial charge in [-0.2, -0.15) is 4.31 Å². The highest BCUT2D eigenvalue weighted by Crippen LogP contribution is 2.29. The number of rotatable bonds is 8. The molecular formula is C17H27N3O5S2. The van der Waals surface area contributed by atoms with Gasteiger partial charge < -0.3 is 10.6 Å². The molecule has 2 N–H and O–H groups in total. The lowest BCUT2D eigenvalue weighted by Gasteiger charge is -2.20. The van der Waals surface area contributed by atoms with Gasteiger partial charge in [0.2, 0.25) is 15.9 Å². The number of nitrogens with one attached hydrogen (secondary N) is 2. The Morgan fingerprint density at radius 1 is 1.19 bits per heavy atom. The average Bonchev–Trinajstić information content (AvgIpc) is 2.97. The van der Waals surface area contributed by atoms with Gasteiger partial charge in [-0.3, -0.25) is 4.79 Å². The quantitative estimate of drug-likeness (QED) is 0.663. The maximum absolute atomic E-state index is 12.8. The fourth-order valence-corrected chi connectivity index (χ4v) is 6.31. The van der Waals surface area contributed by atoms with E-state index in [1.54, 1.807) is 19.9 Å². The molecule has 1 amide bonds. The molecule has 0 radical (unpaired) electrons. The fraction of sp³-hybridized carbons (Fsp3) is 0.588. The molecule has 1 aliphatic rings. The first-order valence-electron chi connectivity index (χ1n) is 9.04. The van der Waals surface area contributed by atoms with Crippen molar-refractivity contribution in [3.8, 4) is 0 Å². The molecule has 8 nitrogen and oxygen atoms in total. The summed E-state index contributed by atoms with van der Waals surface area (Å²) < 4.78 is 50.1. The standard InChI is InChI=1S/C17H27N3O5S2/c1-4-18-15-8-7-14(27(24,25)20(5-2)6-3)11-16(15)19-17(21)13-9-10-26(22,23)12-13/h7-8,11,13,18H,4-6,9-10,12H2,1-3H3,(H,19,21). The second-order valence-corrected chi connectivity index (χ2v) is 10.6. The van der Waals surface area contributed by atoms with Crippen LogP contribution in [0.15, 0.2) is 23.1 Å². The SMILES string of the molecule is CCNc1ccc(S(=O)(=O)N(CC)CC)cc1NC(=O)C1CCS(=O)(=O)C1. The molecule has 0 bridgehead atoms. The zero-order chi connectivity index (χ0) is 20.2. The van der Waals surface area contributed by atoms with Gasteiger partial charge in [-0.25, -0.2) is 16.8 Å². The van der Waals surface area contributed by atoms with Crippen molar-refractivity contribution in [2.45, 2.75) is 32.1 Å². The average molecular weight is 418 g/mol. The van der Waals surface area contributed by atoms with Crippen LogP contribution in [-0.4, -0.2) is 58.2 Å². The molecule has 2 rings (SSSR count). The van der Waals surface area contributed by atoms with Crippen molar-refractivity contribution in [1.29, 1.82) is 0 Å². The summed E-state index contributed by atoms with van der Waals surface area (Å²) >= 11 is 0. The predicted molar refractivity (Wildman–Crippen MR) is 106 cm³/mol. The Morgan fingerprint density at radius 2 is 1.85 bits per heavy atom. The van der Waals surface area contributed by atoms with E-state index < -0.39 is 31.7 Å². The zero-order valence-electron chi connectivity index (χ0n) is 15.9. The Bertz CT molecular complexity index is 893. The van der Waals surface area contributed by atoms with Crippen LogP contribution in [0.2, 0.25) is 0 Å². The number of hydrogen-bond donors (Lipinski definition) is 2. The smallest absolute Gasteiger partial charge is 0.243 e. The second kappa shape index (κ2) is 8.57. The molecule has 10 heteroatoms. The number of nitrogens with zero attached hydrogens (tertiary/aromatic N) is 1. The predicted octanol–water partition coefficient (Wildman–Crippen LogP) is 1.52. The lowest BCUT2D eigenvalue weighted by Crippen LogP contribution is -2.31. The van der Waals surface area contributed by atoms with Crippen LogP contribution < -0.4 is 10.6 Å². The molecule has 0 aliphatic carbocycles. The summed E-state index contributed by atoms with van der Waals surface area (Å²) in [6.07, 6.45) is 0.280. The van der Waals surface area contributed by atoms with Gasteiger partial charge in [-0.1, -0.05) is 13.8 Å². The molecule has 1 unspecified atom stereocenters. The van der Waals surface area contributed by atoms with E-state index in [0.717, 1.165) is 0 Å². The van der Waals surface area contributed by atoms with Crippen LogP contribution in [0.1, 0.15) is 27.2 Å². The van der Waals surface area contributed by atoms with Gasteiger partial charge >= 0.3 is 0 Å². The van der Waals surface area contributed by atoms with Crippen LogP contribution in [0, 0.1) is 5.92 Å². The van der Waals surface area contributed by atoms with Crippen molar-refractivity contribution in [3.63, 3.8) is 0 Å². The molecule has 1 aliphatic heterocycles. The minimum atomic E-state index is -3.67. The van der Waals surface area contributed by atoms with Gasteiger partial charge in [0, 0.05) is 19.6 Å². The third-order valence-electron chi connectivity index (χ3n) is 4.56. The molecule has 1 atom stereocenters. The van der Waals surface area contributed by atoms with E-state index in [1.807, 2.05) is 6.92 Å². The van der Waals surface area contributed by atoms with Crippen LogP contribution in [0.25, 0.3) is 0 Å².